The molecular weight excluding hydrogens is 273 g/mol. The number of hydrogen-bond acceptors (Lipinski definition) is 2. The Bertz CT molecular complexity index is 483. The van der Waals surface area contributed by atoms with Gasteiger partial charge in [0.25, 0.3) is 0 Å². The molecule has 0 bridgehead atoms. The summed E-state index contributed by atoms with van der Waals surface area (Å²) in [6, 6.07) is 3.82. The third kappa shape index (κ3) is 3.73. The van der Waals surface area contributed by atoms with Crippen LogP contribution in [0.4, 0.5) is 13.2 Å². The molecule has 3 nitrogen and oxygen atoms in total. The third-order valence-corrected chi connectivity index (χ3v) is 2.55. The van der Waals surface area contributed by atoms with Crippen LogP contribution < -0.4 is 0 Å². The van der Waals surface area contributed by atoms with Crippen molar-refractivity contribution < 1.29 is 27.9 Å². The lowest BCUT2D eigenvalue weighted by atomic mass is 10.0. The predicted octanol–water partition coefficient (Wildman–Crippen LogP) is 3.10. The molecule has 0 unspecified atom stereocenters. The molecule has 0 radical (unpaired) electrons. The molecule has 0 fully saturated rings. The van der Waals surface area contributed by atoms with E-state index in [4.69, 9.17) is 16.7 Å². The monoisotopic (exact) mass is 280 g/mol. The molecule has 0 aliphatic carbocycles. The molecule has 0 saturated carbocycles. The van der Waals surface area contributed by atoms with Crippen molar-refractivity contribution >= 4 is 23.4 Å². The van der Waals surface area contributed by atoms with Crippen LogP contribution in [0.15, 0.2) is 18.2 Å². The highest BCUT2D eigenvalue weighted by atomic mass is 35.5. The topological polar surface area (TPSA) is 54.4 Å². The summed E-state index contributed by atoms with van der Waals surface area (Å²) in [6.45, 7) is 0. The Morgan fingerprint density at radius 1 is 1.28 bits per heavy atom. The third-order valence-electron chi connectivity index (χ3n) is 2.22. The molecule has 0 heterocycles. The highest BCUT2D eigenvalue weighted by Crippen LogP contribution is 2.21. The van der Waals surface area contributed by atoms with E-state index in [2.05, 4.69) is 0 Å². The lowest BCUT2D eigenvalue weighted by Crippen LogP contribution is -2.22. The van der Waals surface area contributed by atoms with Gasteiger partial charge in [0.1, 0.15) is 0 Å². The molecule has 0 spiro atoms. The summed E-state index contributed by atoms with van der Waals surface area (Å²) in [4.78, 5) is 21.4. The molecule has 0 saturated heterocycles. The van der Waals surface area contributed by atoms with Crippen molar-refractivity contribution in [2.75, 3.05) is 0 Å². The van der Waals surface area contributed by atoms with E-state index < -0.39 is 24.3 Å². The van der Waals surface area contributed by atoms with Crippen molar-refractivity contribution in [1.29, 1.82) is 0 Å². The van der Waals surface area contributed by atoms with E-state index in [9.17, 15) is 22.8 Å². The summed E-state index contributed by atoms with van der Waals surface area (Å²) in [6.07, 6.45) is -5.76. The van der Waals surface area contributed by atoms with Crippen molar-refractivity contribution in [3.63, 3.8) is 0 Å². The maximum absolute atomic E-state index is 12.0. The van der Waals surface area contributed by atoms with Crippen LogP contribution in [0, 0.1) is 0 Å². The van der Waals surface area contributed by atoms with Crippen LogP contribution in [0.3, 0.4) is 0 Å². The lowest BCUT2D eigenvalue weighted by Gasteiger charge is -2.06. The quantitative estimate of drug-likeness (QED) is 0.922. The van der Waals surface area contributed by atoms with E-state index in [-0.39, 0.29) is 17.0 Å². The van der Waals surface area contributed by atoms with Gasteiger partial charge < -0.3 is 5.11 Å². The summed E-state index contributed by atoms with van der Waals surface area (Å²) in [5, 5.41) is 8.76. The number of carbonyl (C=O) groups excluding carboxylic acids is 1. The maximum atomic E-state index is 12.0. The van der Waals surface area contributed by atoms with Gasteiger partial charge in [-0.2, -0.15) is 13.2 Å². The zero-order valence-corrected chi connectivity index (χ0v) is 9.68. The summed E-state index contributed by atoms with van der Waals surface area (Å²) in [7, 11) is 0. The first-order chi connectivity index (χ1) is 8.21. The van der Waals surface area contributed by atoms with Gasteiger partial charge in [-0.05, 0) is 24.1 Å². The van der Waals surface area contributed by atoms with Crippen molar-refractivity contribution in [2.45, 2.75) is 19.0 Å². The lowest BCUT2D eigenvalue weighted by molar-refractivity contribution is -0.171. The molecule has 0 atom stereocenters. The number of carboxylic acids is 1. The van der Waals surface area contributed by atoms with Gasteiger partial charge in [0, 0.05) is 6.42 Å². The minimum atomic E-state index is -4.86. The van der Waals surface area contributed by atoms with Gasteiger partial charge in [-0.25, -0.2) is 4.79 Å². The van der Waals surface area contributed by atoms with Crippen LogP contribution in [0.1, 0.15) is 22.3 Å². The highest BCUT2D eigenvalue weighted by Gasteiger charge is 2.37. The van der Waals surface area contributed by atoms with Gasteiger partial charge in [-0.1, -0.05) is 17.7 Å². The Labute approximate surface area is 105 Å². The molecule has 0 aromatic heterocycles. The Hall–Kier alpha value is -1.56. The first-order valence-corrected chi connectivity index (χ1v) is 5.21. The minimum absolute atomic E-state index is 0.00611. The van der Waals surface area contributed by atoms with E-state index in [1.165, 1.54) is 12.1 Å². The van der Waals surface area contributed by atoms with Gasteiger partial charge in [0.05, 0.1) is 10.6 Å². The Kier molecular flexibility index (Phi) is 4.34. The summed E-state index contributed by atoms with van der Waals surface area (Å²) >= 11 is 5.60. The van der Waals surface area contributed by atoms with Crippen LogP contribution in [-0.2, 0) is 11.2 Å². The van der Waals surface area contributed by atoms with Gasteiger partial charge in [-0.3, -0.25) is 4.79 Å². The van der Waals surface area contributed by atoms with Gasteiger partial charge in [0.15, 0.2) is 0 Å². The number of Topliss-reactive ketones (excluding diaryl/α,β-unsaturated/α-hetero) is 1. The van der Waals surface area contributed by atoms with Crippen LogP contribution in [0.25, 0.3) is 0 Å². The minimum Gasteiger partial charge on any atom is -0.478 e. The average Bonchev–Trinajstić information content (AvgIpc) is 2.25. The number of ketones is 1. The Morgan fingerprint density at radius 2 is 1.89 bits per heavy atom. The summed E-state index contributed by atoms with van der Waals surface area (Å²) in [5.74, 6) is -3.11. The largest absolute Gasteiger partial charge is 0.478 e. The van der Waals surface area contributed by atoms with E-state index in [0.29, 0.717) is 5.56 Å². The second-order valence-electron chi connectivity index (χ2n) is 3.54. The first-order valence-electron chi connectivity index (χ1n) is 4.83. The molecule has 1 aromatic rings. The summed E-state index contributed by atoms with van der Waals surface area (Å²) in [5.41, 5.74) is 0.114. The SMILES string of the molecule is O=C(O)c1cc(CCC(=O)C(F)(F)F)ccc1Cl. The second-order valence-corrected chi connectivity index (χ2v) is 3.95. The molecule has 0 aliphatic heterocycles. The molecule has 1 rings (SSSR count). The number of carboxylic acid groups (broad SMARTS) is 1. The van der Waals surface area contributed by atoms with Gasteiger partial charge >= 0.3 is 12.1 Å². The smallest absolute Gasteiger partial charge is 0.449 e. The number of aromatic carboxylic acids is 1. The van der Waals surface area contributed by atoms with Crippen molar-refractivity contribution in [3.05, 3.63) is 34.3 Å². The zero-order chi connectivity index (χ0) is 13.9. The number of rotatable bonds is 4. The molecular formula is C11H8ClF3O3. The maximum Gasteiger partial charge on any atom is 0.449 e. The number of aryl methyl sites for hydroxylation is 1. The molecule has 1 aromatic carbocycles. The van der Waals surface area contributed by atoms with E-state index in [1.54, 1.807) is 0 Å². The van der Waals surface area contributed by atoms with Crippen molar-refractivity contribution in [2.24, 2.45) is 0 Å². The van der Waals surface area contributed by atoms with E-state index in [1.807, 2.05) is 0 Å². The fourth-order valence-corrected chi connectivity index (χ4v) is 1.49. The molecule has 1 N–H and O–H groups in total. The van der Waals surface area contributed by atoms with E-state index in [0.717, 1.165) is 6.07 Å². The van der Waals surface area contributed by atoms with Crippen LogP contribution >= 0.6 is 11.6 Å². The zero-order valence-electron chi connectivity index (χ0n) is 8.92. The molecule has 0 amide bonds. The molecule has 0 aliphatic rings. The number of halogens is 4. The Balaban J connectivity index is 2.78. The molecule has 7 heteroatoms. The van der Waals surface area contributed by atoms with Crippen molar-refractivity contribution in [3.8, 4) is 0 Å². The molecule has 98 valence electrons. The number of hydrogen-bond donors (Lipinski definition) is 1. The van der Waals surface area contributed by atoms with E-state index >= 15 is 0 Å². The summed E-state index contributed by atoms with van der Waals surface area (Å²) < 4.78 is 35.9. The highest BCUT2D eigenvalue weighted by molar-refractivity contribution is 6.33. The predicted molar refractivity (Wildman–Crippen MR) is 57.8 cm³/mol. The number of alkyl halides is 3. The molecule has 18 heavy (non-hydrogen) atoms. The average molecular weight is 281 g/mol. The van der Waals surface area contributed by atoms with Gasteiger partial charge in [-0.15, -0.1) is 0 Å². The van der Waals surface area contributed by atoms with Crippen LogP contribution in [0.5, 0.6) is 0 Å². The number of carbonyl (C=O) groups is 2. The fraction of sp³-hybridized carbons (Fsp3) is 0.273. The Morgan fingerprint density at radius 3 is 2.39 bits per heavy atom. The van der Waals surface area contributed by atoms with Gasteiger partial charge in [0.2, 0.25) is 5.78 Å². The van der Waals surface area contributed by atoms with Crippen LogP contribution in [-0.4, -0.2) is 23.0 Å². The first kappa shape index (κ1) is 14.5. The van der Waals surface area contributed by atoms with Crippen LogP contribution in [0.2, 0.25) is 5.02 Å². The normalized spacial score (nSPS) is 11.3. The second kappa shape index (κ2) is 5.39. The van der Waals surface area contributed by atoms with Crippen molar-refractivity contribution in [1.82, 2.24) is 0 Å². The standard InChI is InChI=1S/C11H8ClF3O3/c12-8-3-1-6(5-7(8)10(17)18)2-4-9(16)11(13,14)15/h1,3,5H,2,4H2,(H,17,18). The number of benzene rings is 1. The fourth-order valence-electron chi connectivity index (χ4n) is 1.29.